The Kier molecular flexibility index (Phi) is 2.16. The van der Waals surface area contributed by atoms with E-state index in [2.05, 4.69) is 15.9 Å². The molecule has 0 radical (unpaired) electrons. The first kappa shape index (κ1) is 9.42. The fourth-order valence-corrected chi connectivity index (χ4v) is 1.89. The monoisotopic (exact) mass is 258 g/mol. The van der Waals surface area contributed by atoms with Crippen LogP contribution in [-0.4, -0.2) is 11.5 Å². The minimum Gasteiger partial charge on any atom is -0.485 e. The highest BCUT2D eigenvalue weighted by Gasteiger charge is 2.29. The molecule has 1 aliphatic rings. The van der Waals surface area contributed by atoms with Gasteiger partial charge in [0.05, 0.1) is 11.0 Å². The van der Waals surface area contributed by atoms with Crippen LogP contribution < -0.4 is 10.5 Å². The lowest BCUT2D eigenvalue weighted by molar-refractivity contribution is -0.385. The van der Waals surface area contributed by atoms with Crippen LogP contribution in [0.3, 0.4) is 0 Å². The largest absolute Gasteiger partial charge is 0.485 e. The molecule has 0 amide bonds. The van der Waals surface area contributed by atoms with E-state index in [1.807, 2.05) is 0 Å². The first-order valence-corrected chi connectivity index (χ1v) is 4.75. The second-order valence-corrected chi connectivity index (χ2v) is 3.93. The average molecular weight is 259 g/mol. The molecule has 0 aliphatic carbocycles. The molecule has 14 heavy (non-hydrogen) atoms. The number of hydrogen-bond acceptors (Lipinski definition) is 4. The number of nitrogens with zero attached hydrogens (tertiary/aromatic N) is 1. The molecule has 2 N–H and O–H groups in total. The minimum atomic E-state index is -0.471. The maximum Gasteiger partial charge on any atom is 0.312 e. The van der Waals surface area contributed by atoms with E-state index in [9.17, 15) is 10.1 Å². The molecule has 0 aromatic heterocycles. The average Bonchev–Trinajstić information content (AvgIpc) is 2.47. The van der Waals surface area contributed by atoms with Gasteiger partial charge < -0.3 is 10.5 Å². The Hall–Kier alpha value is -1.14. The fraction of sp³-hybridized carbons (Fsp3) is 0.250. The maximum absolute atomic E-state index is 10.7. The Labute approximate surface area is 88.1 Å². The third-order valence-electron chi connectivity index (χ3n) is 2.07. The Bertz CT molecular complexity index is 408. The molecule has 6 heteroatoms. The third-order valence-corrected chi connectivity index (χ3v) is 2.52. The summed E-state index contributed by atoms with van der Waals surface area (Å²) >= 11 is 3.20. The second-order valence-electron chi connectivity index (χ2n) is 3.02. The van der Waals surface area contributed by atoms with Crippen LogP contribution >= 0.6 is 15.9 Å². The molecule has 0 bridgehead atoms. The highest BCUT2D eigenvalue weighted by atomic mass is 79.9. The Morgan fingerprint density at radius 2 is 2.36 bits per heavy atom. The standard InChI is InChI=1S/C8H7BrN2O3/c9-4-1-5-6(10)3-14-8(5)7(2-4)11(12)13/h1-2,6H,3,10H2/t6-/m0/s1. The van der Waals surface area contributed by atoms with E-state index in [1.54, 1.807) is 6.07 Å². The molecular formula is C8H7BrN2O3. The molecule has 1 aliphatic heterocycles. The molecule has 74 valence electrons. The molecule has 1 heterocycles. The molecular weight excluding hydrogens is 252 g/mol. The number of fused-ring (bicyclic) bond motifs is 1. The van der Waals surface area contributed by atoms with E-state index in [4.69, 9.17) is 10.5 Å². The van der Waals surface area contributed by atoms with Gasteiger partial charge in [0.1, 0.15) is 6.61 Å². The van der Waals surface area contributed by atoms with E-state index < -0.39 is 4.92 Å². The number of benzene rings is 1. The van der Waals surface area contributed by atoms with Gasteiger partial charge in [-0.1, -0.05) is 15.9 Å². The van der Waals surface area contributed by atoms with Crippen molar-refractivity contribution in [1.82, 2.24) is 0 Å². The zero-order chi connectivity index (χ0) is 10.3. The highest BCUT2D eigenvalue weighted by Crippen LogP contribution is 2.41. The van der Waals surface area contributed by atoms with Gasteiger partial charge in [0.15, 0.2) is 0 Å². The summed E-state index contributed by atoms with van der Waals surface area (Å²) in [6.45, 7) is 0.298. The Morgan fingerprint density at radius 1 is 1.64 bits per heavy atom. The lowest BCUT2D eigenvalue weighted by atomic mass is 10.1. The van der Waals surface area contributed by atoms with Gasteiger partial charge in [-0.3, -0.25) is 10.1 Å². The van der Waals surface area contributed by atoms with Gasteiger partial charge in [0, 0.05) is 16.1 Å². The third kappa shape index (κ3) is 1.36. The van der Waals surface area contributed by atoms with Crippen molar-refractivity contribution >= 4 is 21.6 Å². The smallest absolute Gasteiger partial charge is 0.312 e. The summed E-state index contributed by atoms with van der Waals surface area (Å²) in [7, 11) is 0. The van der Waals surface area contributed by atoms with Crippen LogP contribution in [0.1, 0.15) is 11.6 Å². The lowest BCUT2D eigenvalue weighted by Gasteiger charge is -2.02. The van der Waals surface area contributed by atoms with E-state index in [-0.39, 0.29) is 11.7 Å². The summed E-state index contributed by atoms with van der Waals surface area (Å²) in [4.78, 5) is 10.2. The molecule has 5 nitrogen and oxygen atoms in total. The number of nitro groups is 1. The molecule has 0 saturated carbocycles. The predicted octanol–water partition coefficient (Wildman–Crippen LogP) is 1.75. The number of halogens is 1. The van der Waals surface area contributed by atoms with Gasteiger partial charge in [-0.2, -0.15) is 0 Å². The van der Waals surface area contributed by atoms with Crippen molar-refractivity contribution in [3.63, 3.8) is 0 Å². The normalized spacial score (nSPS) is 18.9. The van der Waals surface area contributed by atoms with Crippen LogP contribution in [0.4, 0.5) is 5.69 Å². The number of hydrogen-bond donors (Lipinski definition) is 1. The first-order chi connectivity index (χ1) is 6.59. The van der Waals surface area contributed by atoms with Crippen LogP contribution in [0.25, 0.3) is 0 Å². The quantitative estimate of drug-likeness (QED) is 0.615. The van der Waals surface area contributed by atoms with Crippen molar-refractivity contribution < 1.29 is 9.66 Å². The zero-order valence-corrected chi connectivity index (χ0v) is 8.65. The topological polar surface area (TPSA) is 78.4 Å². The van der Waals surface area contributed by atoms with Crippen molar-refractivity contribution in [1.29, 1.82) is 0 Å². The van der Waals surface area contributed by atoms with Crippen LogP contribution in [-0.2, 0) is 0 Å². The Balaban J connectivity index is 2.63. The van der Waals surface area contributed by atoms with Crippen molar-refractivity contribution in [3.8, 4) is 5.75 Å². The summed E-state index contributed by atoms with van der Waals surface area (Å²) < 4.78 is 5.81. The van der Waals surface area contributed by atoms with E-state index in [0.29, 0.717) is 22.4 Å². The van der Waals surface area contributed by atoms with Gasteiger partial charge in [0.25, 0.3) is 0 Å². The molecule has 0 spiro atoms. The van der Waals surface area contributed by atoms with Crippen molar-refractivity contribution in [2.24, 2.45) is 5.73 Å². The van der Waals surface area contributed by atoms with Crippen molar-refractivity contribution in [2.45, 2.75) is 6.04 Å². The molecule has 1 aromatic rings. The highest BCUT2D eigenvalue weighted by molar-refractivity contribution is 9.10. The second kappa shape index (κ2) is 3.21. The van der Waals surface area contributed by atoms with Gasteiger partial charge in [-0.05, 0) is 6.07 Å². The number of nitro benzene ring substituents is 1. The van der Waals surface area contributed by atoms with Crippen LogP contribution in [0.2, 0.25) is 0 Å². The summed E-state index contributed by atoms with van der Waals surface area (Å²) in [6.07, 6.45) is 0. The van der Waals surface area contributed by atoms with Crippen molar-refractivity contribution in [3.05, 3.63) is 32.3 Å². The lowest BCUT2D eigenvalue weighted by Crippen LogP contribution is -2.10. The minimum absolute atomic E-state index is 0.0395. The molecule has 1 atom stereocenters. The SMILES string of the molecule is N[C@H]1COc2c1cc(Br)cc2[N+](=O)[O-]. The van der Waals surface area contributed by atoms with Gasteiger partial charge in [-0.25, -0.2) is 0 Å². The van der Waals surface area contributed by atoms with Crippen molar-refractivity contribution in [2.75, 3.05) is 6.61 Å². The van der Waals surface area contributed by atoms with Crippen LogP contribution in [0.5, 0.6) is 5.75 Å². The summed E-state index contributed by atoms with van der Waals surface area (Å²) in [5.41, 5.74) is 6.36. The molecule has 1 aromatic carbocycles. The zero-order valence-electron chi connectivity index (χ0n) is 7.07. The van der Waals surface area contributed by atoms with Crippen LogP contribution in [0, 0.1) is 10.1 Å². The number of ether oxygens (including phenoxy) is 1. The number of rotatable bonds is 1. The van der Waals surface area contributed by atoms with E-state index in [1.165, 1.54) is 6.07 Å². The van der Waals surface area contributed by atoms with Gasteiger partial charge in [-0.15, -0.1) is 0 Å². The first-order valence-electron chi connectivity index (χ1n) is 3.96. The van der Waals surface area contributed by atoms with Gasteiger partial charge in [0.2, 0.25) is 5.75 Å². The van der Waals surface area contributed by atoms with E-state index in [0.717, 1.165) is 0 Å². The number of nitrogens with two attached hydrogens (primary N) is 1. The summed E-state index contributed by atoms with van der Waals surface area (Å²) in [6, 6.07) is 2.89. The van der Waals surface area contributed by atoms with Gasteiger partial charge >= 0.3 is 5.69 Å². The molecule has 2 rings (SSSR count). The molecule has 0 unspecified atom stereocenters. The molecule has 0 fully saturated rings. The van der Waals surface area contributed by atoms with E-state index >= 15 is 0 Å². The van der Waals surface area contributed by atoms with Crippen LogP contribution in [0.15, 0.2) is 16.6 Å². The Morgan fingerprint density at radius 3 is 3.00 bits per heavy atom. The fourth-order valence-electron chi connectivity index (χ4n) is 1.43. The maximum atomic E-state index is 10.7. The summed E-state index contributed by atoms with van der Waals surface area (Å²) in [5.74, 6) is 0.297. The predicted molar refractivity (Wildman–Crippen MR) is 53.2 cm³/mol. The summed E-state index contributed by atoms with van der Waals surface area (Å²) in [5, 5.41) is 10.7. The molecule has 0 saturated heterocycles.